The van der Waals surface area contributed by atoms with Gasteiger partial charge in [-0.15, -0.1) is 11.3 Å². The number of halogens is 2. The fourth-order valence-electron chi connectivity index (χ4n) is 1.92. The Kier molecular flexibility index (Phi) is 5.65. The summed E-state index contributed by atoms with van der Waals surface area (Å²) >= 11 is 13.4. The van der Waals surface area contributed by atoms with Gasteiger partial charge < -0.3 is 5.32 Å². The first-order valence-electron chi connectivity index (χ1n) is 6.43. The van der Waals surface area contributed by atoms with Crippen molar-refractivity contribution in [1.29, 1.82) is 0 Å². The molecule has 0 fully saturated rings. The Hall–Kier alpha value is -1.07. The zero-order valence-corrected chi connectivity index (χ0v) is 14.1. The molecule has 0 unspecified atom stereocenters. The maximum atomic E-state index is 12.1. The number of hydrogen-bond donors (Lipinski definition) is 1. The summed E-state index contributed by atoms with van der Waals surface area (Å²) in [6.45, 7) is 2.93. The van der Waals surface area contributed by atoms with Crippen molar-refractivity contribution >= 4 is 46.1 Å². The molecule has 0 bridgehead atoms. The summed E-state index contributed by atoms with van der Waals surface area (Å²) in [6.07, 6.45) is 0. The van der Waals surface area contributed by atoms with Gasteiger partial charge in [0.2, 0.25) is 5.91 Å². The van der Waals surface area contributed by atoms with Gasteiger partial charge in [-0.05, 0) is 43.8 Å². The normalized spacial score (nSPS) is 10.9. The van der Waals surface area contributed by atoms with Crippen LogP contribution in [0, 0.1) is 6.92 Å². The monoisotopic (exact) mass is 342 g/mol. The average Bonchev–Trinajstić information content (AvgIpc) is 2.79. The molecule has 112 valence electrons. The molecule has 0 aliphatic heterocycles. The second kappa shape index (κ2) is 7.27. The molecule has 0 saturated carbocycles. The molecule has 0 aliphatic carbocycles. The Labute approximate surface area is 138 Å². The average molecular weight is 343 g/mol. The molecule has 0 atom stereocenters. The third-order valence-electron chi connectivity index (χ3n) is 2.94. The molecule has 0 saturated heterocycles. The van der Waals surface area contributed by atoms with Crippen LogP contribution in [0.4, 0.5) is 5.69 Å². The summed E-state index contributed by atoms with van der Waals surface area (Å²) in [4.78, 5) is 15.1. The van der Waals surface area contributed by atoms with Crippen molar-refractivity contribution in [2.24, 2.45) is 0 Å². The topological polar surface area (TPSA) is 32.3 Å². The third-order valence-corrected chi connectivity index (χ3v) is 4.39. The van der Waals surface area contributed by atoms with Crippen molar-refractivity contribution in [3.05, 3.63) is 50.1 Å². The van der Waals surface area contributed by atoms with Crippen LogP contribution in [0.5, 0.6) is 0 Å². The van der Waals surface area contributed by atoms with Gasteiger partial charge in [-0.25, -0.2) is 0 Å². The van der Waals surface area contributed by atoms with Crippen LogP contribution < -0.4 is 5.32 Å². The SMILES string of the molecule is Cc1ccc(Cl)cc1NC(=O)CN(C)Cc1ccc(Cl)s1. The summed E-state index contributed by atoms with van der Waals surface area (Å²) in [5.74, 6) is -0.0643. The van der Waals surface area contributed by atoms with E-state index in [0.29, 0.717) is 18.1 Å². The molecule has 0 radical (unpaired) electrons. The van der Waals surface area contributed by atoms with E-state index < -0.39 is 0 Å². The molecule has 2 aromatic rings. The highest BCUT2D eigenvalue weighted by Gasteiger charge is 2.10. The summed E-state index contributed by atoms with van der Waals surface area (Å²) in [6, 6.07) is 9.29. The van der Waals surface area contributed by atoms with E-state index in [1.54, 1.807) is 12.1 Å². The first-order valence-corrected chi connectivity index (χ1v) is 8.00. The van der Waals surface area contributed by atoms with Crippen LogP contribution in [0.15, 0.2) is 30.3 Å². The summed E-state index contributed by atoms with van der Waals surface area (Å²) < 4.78 is 0.761. The van der Waals surface area contributed by atoms with Gasteiger partial charge in [-0.1, -0.05) is 29.3 Å². The summed E-state index contributed by atoms with van der Waals surface area (Å²) in [5, 5.41) is 3.49. The predicted molar refractivity (Wildman–Crippen MR) is 90.5 cm³/mol. The van der Waals surface area contributed by atoms with Crippen LogP contribution in [0.2, 0.25) is 9.36 Å². The largest absolute Gasteiger partial charge is 0.325 e. The van der Waals surface area contributed by atoms with E-state index in [1.807, 2.05) is 37.1 Å². The molecular formula is C15H16Cl2N2OS. The zero-order chi connectivity index (χ0) is 15.4. The van der Waals surface area contributed by atoms with Crippen LogP contribution in [-0.4, -0.2) is 24.4 Å². The smallest absolute Gasteiger partial charge is 0.238 e. The van der Waals surface area contributed by atoms with Crippen LogP contribution >= 0.6 is 34.5 Å². The molecule has 1 N–H and O–H groups in total. The number of carbonyl (C=O) groups is 1. The second-order valence-corrected chi connectivity index (χ2v) is 7.12. The number of nitrogens with zero attached hydrogens (tertiary/aromatic N) is 1. The molecule has 6 heteroatoms. The number of aryl methyl sites for hydroxylation is 1. The predicted octanol–water partition coefficient (Wildman–Crippen LogP) is 4.43. The minimum absolute atomic E-state index is 0.0643. The number of thiophene rings is 1. The van der Waals surface area contributed by atoms with Crippen LogP contribution in [-0.2, 0) is 11.3 Å². The van der Waals surface area contributed by atoms with Crippen LogP contribution in [0.3, 0.4) is 0 Å². The number of amides is 1. The number of benzene rings is 1. The fraction of sp³-hybridized carbons (Fsp3) is 0.267. The molecule has 0 aliphatic rings. The summed E-state index contributed by atoms with van der Waals surface area (Å²) in [7, 11) is 1.90. The highest BCUT2D eigenvalue weighted by atomic mass is 35.5. The van der Waals surface area contributed by atoms with Gasteiger partial charge in [0.15, 0.2) is 0 Å². The number of rotatable bonds is 5. The Morgan fingerprint density at radius 2 is 2.05 bits per heavy atom. The quantitative estimate of drug-likeness (QED) is 0.871. The molecule has 1 amide bonds. The van der Waals surface area contributed by atoms with E-state index in [2.05, 4.69) is 5.32 Å². The number of likely N-dealkylation sites (N-methyl/N-ethyl adjacent to an activating group) is 1. The molecule has 1 heterocycles. The fourth-order valence-corrected chi connectivity index (χ4v) is 3.26. The molecule has 21 heavy (non-hydrogen) atoms. The van der Waals surface area contributed by atoms with Crippen molar-refractivity contribution < 1.29 is 4.79 Å². The lowest BCUT2D eigenvalue weighted by molar-refractivity contribution is -0.117. The maximum Gasteiger partial charge on any atom is 0.238 e. The molecule has 1 aromatic heterocycles. The van der Waals surface area contributed by atoms with E-state index in [0.717, 1.165) is 20.5 Å². The number of anilines is 1. The first kappa shape index (κ1) is 16.3. The molecule has 0 spiro atoms. The van der Waals surface area contributed by atoms with E-state index in [-0.39, 0.29) is 5.91 Å². The molecule has 1 aromatic carbocycles. The Balaban J connectivity index is 1.90. The number of carbonyl (C=O) groups excluding carboxylic acids is 1. The van der Waals surface area contributed by atoms with Crippen LogP contribution in [0.1, 0.15) is 10.4 Å². The standard InChI is InChI=1S/C15H16Cl2N2OS/c1-10-3-4-11(16)7-13(10)18-15(20)9-19(2)8-12-5-6-14(17)21-12/h3-7H,8-9H2,1-2H3,(H,18,20). The van der Waals surface area contributed by atoms with Crippen molar-refractivity contribution in [2.75, 3.05) is 18.9 Å². The molecule has 2 rings (SSSR count). The highest BCUT2D eigenvalue weighted by molar-refractivity contribution is 7.16. The Bertz CT molecular complexity index is 642. The maximum absolute atomic E-state index is 12.1. The van der Waals surface area contributed by atoms with Gasteiger partial charge in [0.05, 0.1) is 10.9 Å². The first-order chi connectivity index (χ1) is 9.94. The minimum Gasteiger partial charge on any atom is -0.325 e. The summed E-state index contributed by atoms with van der Waals surface area (Å²) in [5.41, 5.74) is 1.74. The Morgan fingerprint density at radius 1 is 1.29 bits per heavy atom. The molecule has 3 nitrogen and oxygen atoms in total. The van der Waals surface area contributed by atoms with E-state index in [9.17, 15) is 4.79 Å². The van der Waals surface area contributed by atoms with Crippen LogP contribution in [0.25, 0.3) is 0 Å². The van der Waals surface area contributed by atoms with Crippen molar-refractivity contribution in [2.45, 2.75) is 13.5 Å². The minimum atomic E-state index is -0.0643. The van der Waals surface area contributed by atoms with Gasteiger partial charge in [-0.2, -0.15) is 0 Å². The van der Waals surface area contributed by atoms with Gasteiger partial charge in [-0.3, -0.25) is 9.69 Å². The lowest BCUT2D eigenvalue weighted by atomic mass is 10.2. The second-order valence-electron chi connectivity index (χ2n) is 4.89. The number of hydrogen-bond acceptors (Lipinski definition) is 3. The lowest BCUT2D eigenvalue weighted by Crippen LogP contribution is -2.29. The van der Waals surface area contributed by atoms with Crippen molar-refractivity contribution in [1.82, 2.24) is 4.90 Å². The van der Waals surface area contributed by atoms with Gasteiger partial charge in [0, 0.05) is 22.1 Å². The number of nitrogens with one attached hydrogen (secondary N) is 1. The molecular weight excluding hydrogens is 327 g/mol. The van der Waals surface area contributed by atoms with Gasteiger partial charge in [0.25, 0.3) is 0 Å². The van der Waals surface area contributed by atoms with Crippen molar-refractivity contribution in [3.63, 3.8) is 0 Å². The van der Waals surface area contributed by atoms with E-state index in [4.69, 9.17) is 23.2 Å². The van der Waals surface area contributed by atoms with Gasteiger partial charge >= 0.3 is 0 Å². The highest BCUT2D eigenvalue weighted by Crippen LogP contribution is 2.22. The zero-order valence-electron chi connectivity index (χ0n) is 11.8. The van der Waals surface area contributed by atoms with E-state index >= 15 is 0 Å². The Morgan fingerprint density at radius 3 is 2.71 bits per heavy atom. The van der Waals surface area contributed by atoms with Gasteiger partial charge in [0.1, 0.15) is 0 Å². The lowest BCUT2D eigenvalue weighted by Gasteiger charge is -2.16. The third kappa shape index (κ3) is 5.00. The van der Waals surface area contributed by atoms with Crippen molar-refractivity contribution in [3.8, 4) is 0 Å². The van der Waals surface area contributed by atoms with E-state index in [1.165, 1.54) is 11.3 Å².